The van der Waals surface area contributed by atoms with Gasteiger partial charge in [-0.3, -0.25) is 110 Å². The summed E-state index contributed by atoms with van der Waals surface area (Å²) < 4.78 is 0. The second kappa shape index (κ2) is 42.4. The van der Waals surface area contributed by atoms with Crippen LogP contribution < -0.4 is 110 Å². The number of carboxylic acids is 1. The van der Waals surface area contributed by atoms with Gasteiger partial charge in [0.15, 0.2) is 0 Å². The van der Waals surface area contributed by atoms with Gasteiger partial charge in [-0.05, 0) is 79.1 Å². The first kappa shape index (κ1) is 92.6. The Kier molecular flexibility index (Phi) is 34.8. The molecule has 0 radical (unpaired) electrons. The predicted octanol–water partition coefficient (Wildman–Crippen LogP) is -15.2. The van der Waals surface area contributed by atoms with Gasteiger partial charge < -0.3 is 135 Å². The van der Waals surface area contributed by atoms with Crippen LogP contribution in [-0.4, -0.2) is 289 Å². The quantitative estimate of drug-likeness (QED) is 0.0270. The first-order chi connectivity index (χ1) is 52.7. The molecule has 4 heterocycles. The largest absolute Gasteiger partial charge is 0.480 e. The van der Waals surface area contributed by atoms with E-state index < -0.39 is 290 Å². The number of nitrogens with zero attached hydrogens (tertiary/aromatic N) is 4. The summed E-state index contributed by atoms with van der Waals surface area (Å²) >= 11 is 0. The molecule has 4 rings (SSSR count). The molecule has 0 bridgehead atoms. The van der Waals surface area contributed by atoms with Crippen LogP contribution in [0.15, 0.2) is 0 Å². The molecule has 30 N–H and O–H groups in total. The third-order valence-electron chi connectivity index (χ3n) is 18.3. The number of likely N-dealkylation sites (tertiary alicyclic amines) is 4. The molecule has 49 heteroatoms. The van der Waals surface area contributed by atoms with Crippen LogP contribution in [0.25, 0.3) is 0 Å². The third kappa shape index (κ3) is 27.9. The van der Waals surface area contributed by atoms with E-state index in [0.29, 0.717) is 6.42 Å². The summed E-state index contributed by atoms with van der Waals surface area (Å²) in [6.07, 6.45) is -6.48. The van der Waals surface area contributed by atoms with Gasteiger partial charge in [-0.2, -0.15) is 0 Å². The lowest BCUT2D eigenvalue weighted by Crippen LogP contribution is -2.61. The smallest absolute Gasteiger partial charge is 0.326 e. The molecular formula is C64H98N24O25. The van der Waals surface area contributed by atoms with Crippen LogP contribution in [0.3, 0.4) is 0 Å². The van der Waals surface area contributed by atoms with Crippen molar-refractivity contribution in [2.75, 3.05) is 26.2 Å². The molecule has 0 aromatic carbocycles. The van der Waals surface area contributed by atoms with Gasteiger partial charge in [0, 0.05) is 26.2 Å². The van der Waals surface area contributed by atoms with Gasteiger partial charge in [0.1, 0.15) is 90.6 Å². The standard InChI is InChI=1S/C64H98N24O25/c1-25(74-53(101)29(65)17-41(66)89)49(97)81-33(21-45(70)93)60(108)85-13-5-9-37(85)57(105)78-30(18-42(67)90)54(102)75-26(2)50(98)82-34(22-46(71)94)61(109)86-14-6-10-38(86)58(106)79-31(19-43(68)91)55(103)76-27(3)51(99)83-35(23-47(72)95)62(110)87-15-7-11-39(87)59(107)80-32(20-44(69)92)56(104)77-28(4)52(100)84-36(24-48(73)96)63(111)88-16-8-12-40(88)64(112)113/h25-40H,5-24,65H2,1-4H3,(H2,66,89)(H2,67,90)(H2,68,91)(H2,69,92)(H2,70,93)(H2,71,94)(H2,72,95)(H2,73,96)(H,74,101)(H,75,102)(H,76,103)(H,77,104)(H,78,105)(H,79,106)(H,80,107)(H,81,97)(H,82,98)(H,83,99)(H,84,100)(H,112,113)/t25-,26-,27-,28-,29-,30-,31-,32-,33-,34-,35-,36-,37-,38-,39-,40-/m0/s1. The number of hydrogen-bond donors (Lipinski definition) is 21. The highest BCUT2D eigenvalue weighted by Gasteiger charge is 2.46. The lowest BCUT2D eigenvalue weighted by atomic mass is 10.1. The van der Waals surface area contributed by atoms with Gasteiger partial charge in [-0.15, -0.1) is 0 Å². The van der Waals surface area contributed by atoms with Crippen LogP contribution >= 0.6 is 0 Å². The number of rotatable bonds is 43. The van der Waals surface area contributed by atoms with E-state index in [-0.39, 0.29) is 71.1 Å². The summed E-state index contributed by atoms with van der Waals surface area (Å²) in [5.41, 5.74) is 48.6. The minimum Gasteiger partial charge on any atom is -0.480 e. The molecule has 0 unspecified atom stereocenters. The van der Waals surface area contributed by atoms with Crippen molar-refractivity contribution in [3.05, 3.63) is 0 Å². The van der Waals surface area contributed by atoms with E-state index in [1.807, 2.05) is 0 Å². The van der Waals surface area contributed by atoms with Gasteiger partial charge in [0.05, 0.1) is 57.4 Å². The first-order valence-electron chi connectivity index (χ1n) is 35.5. The lowest BCUT2D eigenvalue weighted by Gasteiger charge is -2.31. The molecular weight excluding hydrogens is 1500 g/mol. The summed E-state index contributed by atoms with van der Waals surface area (Å²) in [7, 11) is 0. The highest BCUT2D eigenvalue weighted by Crippen LogP contribution is 2.24. The van der Waals surface area contributed by atoms with Crippen LogP contribution in [0.5, 0.6) is 0 Å². The second-order valence-corrected chi connectivity index (χ2v) is 27.4. The molecule has 624 valence electrons. The number of aliphatic carboxylic acids is 1. The van der Waals surface area contributed by atoms with Crippen LogP contribution in [0.4, 0.5) is 0 Å². The highest BCUT2D eigenvalue weighted by atomic mass is 16.4. The van der Waals surface area contributed by atoms with Crippen molar-refractivity contribution >= 4 is 142 Å². The average molecular weight is 1600 g/mol. The Hall–Kier alpha value is -12.8. The molecule has 4 aliphatic rings. The summed E-state index contributed by atoms with van der Waals surface area (Å²) in [4.78, 5) is 318. The third-order valence-corrected chi connectivity index (χ3v) is 18.3. The van der Waals surface area contributed by atoms with Crippen molar-refractivity contribution in [2.24, 2.45) is 51.6 Å². The molecule has 4 saturated heterocycles. The summed E-state index contributed by atoms with van der Waals surface area (Å²) in [6.45, 7) is 3.77. The number of nitrogens with one attached hydrogen (secondary N) is 11. The molecule has 23 amide bonds. The summed E-state index contributed by atoms with van der Waals surface area (Å²) in [6, 6.07) is -26.4. The maximum absolute atomic E-state index is 14.3. The normalized spacial score (nSPS) is 19.5. The molecule has 49 nitrogen and oxygen atoms in total. The first-order valence-corrected chi connectivity index (χ1v) is 35.5. The fourth-order valence-corrected chi connectivity index (χ4v) is 12.7. The predicted molar refractivity (Wildman–Crippen MR) is 379 cm³/mol. The van der Waals surface area contributed by atoms with Gasteiger partial charge in [-0.25, -0.2) is 4.79 Å². The minimum absolute atomic E-state index is 0.0229. The van der Waals surface area contributed by atoms with Crippen LogP contribution in [0.2, 0.25) is 0 Å². The van der Waals surface area contributed by atoms with E-state index in [0.717, 1.165) is 40.4 Å². The monoisotopic (exact) mass is 1600 g/mol. The molecule has 0 aliphatic carbocycles. The summed E-state index contributed by atoms with van der Waals surface area (Å²) in [5.74, 6) is -27.0. The molecule has 0 aromatic rings. The van der Waals surface area contributed by atoms with Crippen molar-refractivity contribution < 1.29 is 120 Å². The number of hydrogen-bond acceptors (Lipinski definition) is 25. The number of nitrogens with two attached hydrogens (primary N) is 9. The molecule has 0 saturated carbocycles. The van der Waals surface area contributed by atoms with Crippen molar-refractivity contribution in [2.45, 2.75) is 227 Å². The second-order valence-electron chi connectivity index (χ2n) is 27.4. The van der Waals surface area contributed by atoms with Crippen molar-refractivity contribution in [1.82, 2.24) is 78.1 Å². The molecule has 16 atom stereocenters. The van der Waals surface area contributed by atoms with E-state index in [2.05, 4.69) is 58.5 Å². The van der Waals surface area contributed by atoms with E-state index in [9.17, 15) is 120 Å². The van der Waals surface area contributed by atoms with E-state index >= 15 is 0 Å². The molecule has 113 heavy (non-hydrogen) atoms. The van der Waals surface area contributed by atoms with Crippen molar-refractivity contribution in [3.8, 4) is 0 Å². The van der Waals surface area contributed by atoms with Gasteiger partial charge in [0.2, 0.25) is 136 Å². The van der Waals surface area contributed by atoms with Gasteiger partial charge >= 0.3 is 5.97 Å². The maximum Gasteiger partial charge on any atom is 0.326 e. The Labute approximate surface area is 643 Å². The van der Waals surface area contributed by atoms with Crippen molar-refractivity contribution in [3.63, 3.8) is 0 Å². The van der Waals surface area contributed by atoms with Gasteiger partial charge in [0.25, 0.3) is 0 Å². The number of carbonyl (C=O) groups is 24. The molecule has 4 fully saturated rings. The Bertz CT molecular complexity index is 3770. The average Bonchev–Trinajstić information content (AvgIpc) is 1.74. The van der Waals surface area contributed by atoms with E-state index in [1.165, 1.54) is 6.92 Å². The zero-order chi connectivity index (χ0) is 85.3. The zero-order valence-corrected chi connectivity index (χ0v) is 62.1. The number of carbonyl (C=O) groups excluding carboxylic acids is 23. The van der Waals surface area contributed by atoms with Crippen molar-refractivity contribution in [1.29, 1.82) is 0 Å². The Balaban J connectivity index is 1.42. The number of primary amides is 8. The van der Waals surface area contributed by atoms with Crippen LogP contribution in [0, 0.1) is 0 Å². The highest BCUT2D eigenvalue weighted by molar-refractivity contribution is 6.04. The van der Waals surface area contributed by atoms with Crippen LogP contribution in [-0.2, 0) is 115 Å². The fraction of sp³-hybridized carbons (Fsp3) is 0.625. The zero-order valence-electron chi connectivity index (χ0n) is 62.1. The molecule has 0 spiro atoms. The SMILES string of the molecule is C[C@H](NC(=O)[C@H](CC(N)=O)NC(=O)[C@@H]1CCCN1C(=O)[C@H](CC(N)=O)NC(=O)[C@H](C)NC(=O)[C@H](CC(N)=O)NC(=O)[C@@H]1CCCN1C(=O)[C@H](CC(N)=O)NC(=O)[C@H](C)NC(=O)[C@H](CC(N)=O)NC(=O)[C@@H]1CCCN1C(=O)[C@H](CC(N)=O)NC(=O)[C@H](C)NC(=O)[C@@H](N)CC(N)=O)C(=O)N[C@@H](CC(N)=O)C(=O)N1CCC[C@H]1C(=O)O. The van der Waals surface area contributed by atoms with E-state index in [1.54, 1.807) is 0 Å². The minimum atomic E-state index is -1.93. The van der Waals surface area contributed by atoms with Gasteiger partial charge in [-0.1, -0.05) is 0 Å². The number of carboxylic acid groups (broad SMARTS) is 1. The molecule has 4 aliphatic heterocycles. The topological polar surface area (TPSA) is 809 Å². The maximum atomic E-state index is 14.3. The lowest BCUT2D eigenvalue weighted by molar-refractivity contribution is -0.149. The van der Waals surface area contributed by atoms with Crippen LogP contribution in [0.1, 0.15) is 130 Å². The Morgan fingerprint density at radius 1 is 0.274 bits per heavy atom. The molecule has 0 aromatic heterocycles. The Morgan fingerprint density at radius 3 is 0.681 bits per heavy atom. The fourth-order valence-electron chi connectivity index (χ4n) is 12.7. The summed E-state index contributed by atoms with van der Waals surface area (Å²) in [5, 5.41) is 34.4. The van der Waals surface area contributed by atoms with E-state index in [4.69, 9.17) is 51.6 Å². The number of amides is 23. The Morgan fingerprint density at radius 2 is 0.469 bits per heavy atom.